The van der Waals surface area contributed by atoms with Crippen LogP contribution in [0.3, 0.4) is 0 Å². The van der Waals surface area contributed by atoms with Crippen LogP contribution in [0.4, 0.5) is 10.1 Å². The molecule has 0 aliphatic carbocycles. The van der Waals surface area contributed by atoms with Gasteiger partial charge in [-0.2, -0.15) is 11.8 Å². The van der Waals surface area contributed by atoms with Crippen LogP contribution in [0.1, 0.15) is 12.8 Å². The van der Waals surface area contributed by atoms with E-state index in [9.17, 15) is 9.18 Å². The molecule has 0 saturated carbocycles. The second-order valence-corrected chi connectivity index (χ2v) is 6.08. The van der Waals surface area contributed by atoms with E-state index < -0.39 is 0 Å². The molecule has 0 saturated heterocycles. The Balaban J connectivity index is 1.50. The molecule has 0 radical (unpaired) electrons. The molecule has 23 heavy (non-hydrogen) atoms. The lowest BCUT2D eigenvalue weighted by Gasteiger charge is -2.06. The molecular weight excluding hydrogens is 313 g/mol. The van der Waals surface area contributed by atoms with Crippen molar-refractivity contribution in [3.63, 3.8) is 0 Å². The maximum atomic E-state index is 12.8. The third kappa shape index (κ3) is 7.19. The average Bonchev–Trinajstić information content (AvgIpc) is 2.57. The van der Waals surface area contributed by atoms with Gasteiger partial charge in [0.2, 0.25) is 5.91 Å². The highest BCUT2D eigenvalue weighted by Crippen LogP contribution is 2.12. The predicted molar refractivity (Wildman–Crippen MR) is 93.5 cm³/mol. The minimum atomic E-state index is -0.310. The van der Waals surface area contributed by atoms with Gasteiger partial charge in [0.15, 0.2) is 0 Å². The van der Waals surface area contributed by atoms with Crippen LogP contribution in [-0.2, 0) is 4.79 Å². The zero-order chi connectivity index (χ0) is 16.3. The van der Waals surface area contributed by atoms with Crippen LogP contribution in [0.25, 0.3) is 0 Å². The van der Waals surface area contributed by atoms with E-state index >= 15 is 0 Å². The molecular formula is C18H20FNO2S. The monoisotopic (exact) mass is 333 g/mol. The number of unbranched alkanes of at least 4 members (excludes halogenated alkanes) is 1. The molecule has 0 bridgehead atoms. The second kappa shape index (κ2) is 9.90. The number of carbonyl (C=O) groups is 1. The van der Waals surface area contributed by atoms with Crippen molar-refractivity contribution in [1.29, 1.82) is 0 Å². The van der Waals surface area contributed by atoms with Gasteiger partial charge in [-0.25, -0.2) is 4.39 Å². The highest BCUT2D eigenvalue weighted by atomic mass is 32.2. The smallest absolute Gasteiger partial charge is 0.234 e. The first-order valence-electron chi connectivity index (χ1n) is 7.55. The lowest BCUT2D eigenvalue weighted by molar-refractivity contribution is -0.113. The normalized spacial score (nSPS) is 10.3. The van der Waals surface area contributed by atoms with Crippen LogP contribution >= 0.6 is 11.8 Å². The van der Waals surface area contributed by atoms with Crippen LogP contribution < -0.4 is 10.1 Å². The number of para-hydroxylation sites is 1. The number of benzene rings is 2. The van der Waals surface area contributed by atoms with Crippen molar-refractivity contribution >= 4 is 23.4 Å². The first-order chi connectivity index (χ1) is 11.2. The molecule has 0 aliphatic heterocycles. The van der Waals surface area contributed by atoms with E-state index in [0.717, 1.165) is 24.3 Å². The van der Waals surface area contributed by atoms with E-state index in [1.807, 2.05) is 30.3 Å². The number of anilines is 1. The Labute approximate surface area is 140 Å². The number of ether oxygens (including phenoxy) is 1. The summed E-state index contributed by atoms with van der Waals surface area (Å²) in [4.78, 5) is 11.7. The van der Waals surface area contributed by atoms with Crippen LogP contribution in [-0.4, -0.2) is 24.0 Å². The van der Waals surface area contributed by atoms with Gasteiger partial charge in [0.25, 0.3) is 0 Å². The molecule has 0 aromatic heterocycles. The molecule has 0 fully saturated rings. The van der Waals surface area contributed by atoms with Gasteiger partial charge in [-0.15, -0.1) is 0 Å². The molecule has 0 spiro atoms. The first-order valence-corrected chi connectivity index (χ1v) is 8.70. The molecule has 3 nitrogen and oxygen atoms in total. The Morgan fingerprint density at radius 1 is 1.04 bits per heavy atom. The summed E-state index contributed by atoms with van der Waals surface area (Å²) in [6.07, 6.45) is 1.96. The number of carbonyl (C=O) groups excluding carboxylic acids is 1. The molecule has 0 aliphatic rings. The van der Waals surface area contributed by atoms with Gasteiger partial charge in [-0.3, -0.25) is 4.79 Å². The number of amides is 1. The number of rotatable bonds is 9. The summed E-state index contributed by atoms with van der Waals surface area (Å²) in [5, 5.41) is 2.74. The maximum Gasteiger partial charge on any atom is 0.234 e. The highest BCUT2D eigenvalue weighted by Gasteiger charge is 2.02. The number of hydrogen-bond acceptors (Lipinski definition) is 3. The number of thioether (sulfide) groups is 1. The van der Waals surface area contributed by atoms with Crippen molar-refractivity contribution in [1.82, 2.24) is 0 Å². The van der Waals surface area contributed by atoms with Crippen molar-refractivity contribution in [2.45, 2.75) is 12.8 Å². The lowest BCUT2D eigenvalue weighted by Crippen LogP contribution is -2.14. The van der Waals surface area contributed by atoms with Gasteiger partial charge in [-0.1, -0.05) is 18.2 Å². The van der Waals surface area contributed by atoms with E-state index in [1.165, 1.54) is 12.1 Å². The van der Waals surface area contributed by atoms with E-state index in [0.29, 0.717) is 18.0 Å². The van der Waals surface area contributed by atoms with Crippen molar-refractivity contribution < 1.29 is 13.9 Å². The van der Waals surface area contributed by atoms with E-state index in [2.05, 4.69) is 5.32 Å². The quantitative estimate of drug-likeness (QED) is 0.693. The fourth-order valence-corrected chi connectivity index (χ4v) is 2.72. The lowest BCUT2D eigenvalue weighted by atomic mass is 10.3. The molecule has 1 amide bonds. The molecule has 0 atom stereocenters. The summed E-state index contributed by atoms with van der Waals surface area (Å²) in [5.41, 5.74) is 0.619. The van der Waals surface area contributed by atoms with Gasteiger partial charge in [0.1, 0.15) is 11.6 Å². The van der Waals surface area contributed by atoms with Crippen molar-refractivity contribution in [3.05, 3.63) is 60.4 Å². The molecule has 0 heterocycles. The molecule has 122 valence electrons. The zero-order valence-electron chi connectivity index (χ0n) is 12.8. The molecule has 2 rings (SSSR count). The van der Waals surface area contributed by atoms with Gasteiger partial charge in [-0.05, 0) is 55.0 Å². The summed E-state index contributed by atoms with van der Waals surface area (Å²) in [6, 6.07) is 15.5. The minimum Gasteiger partial charge on any atom is -0.494 e. The van der Waals surface area contributed by atoms with Crippen LogP contribution in [0.15, 0.2) is 54.6 Å². The fraction of sp³-hybridized carbons (Fsp3) is 0.278. The molecule has 0 unspecified atom stereocenters. The standard InChI is InChI=1S/C18H20FNO2S/c19-15-8-10-16(11-9-15)20-18(21)14-23-13-5-4-12-22-17-6-2-1-3-7-17/h1-3,6-11H,4-5,12-14H2,(H,20,21). The van der Waals surface area contributed by atoms with Crippen molar-refractivity contribution in [2.24, 2.45) is 0 Å². The number of halogens is 1. The first kappa shape index (κ1) is 17.3. The van der Waals surface area contributed by atoms with Crippen molar-refractivity contribution in [3.8, 4) is 5.75 Å². The average molecular weight is 333 g/mol. The Hall–Kier alpha value is -2.01. The predicted octanol–water partition coefficient (Wildman–Crippen LogP) is 4.36. The van der Waals surface area contributed by atoms with E-state index in [4.69, 9.17) is 4.74 Å². The Morgan fingerprint density at radius 3 is 2.52 bits per heavy atom. The van der Waals surface area contributed by atoms with Gasteiger partial charge >= 0.3 is 0 Å². The fourth-order valence-electron chi connectivity index (χ4n) is 1.91. The number of nitrogens with one attached hydrogen (secondary N) is 1. The summed E-state index contributed by atoms with van der Waals surface area (Å²) in [5.74, 6) is 1.82. The molecule has 1 N–H and O–H groups in total. The second-order valence-electron chi connectivity index (χ2n) is 4.98. The van der Waals surface area contributed by atoms with Crippen LogP contribution in [0.5, 0.6) is 5.75 Å². The third-order valence-electron chi connectivity index (χ3n) is 3.06. The molecule has 2 aromatic rings. The Kier molecular flexibility index (Phi) is 7.46. The summed E-state index contributed by atoms with van der Waals surface area (Å²) >= 11 is 1.59. The largest absolute Gasteiger partial charge is 0.494 e. The maximum absolute atomic E-state index is 12.8. The SMILES string of the molecule is O=C(CSCCCCOc1ccccc1)Nc1ccc(F)cc1. The summed E-state index contributed by atoms with van der Waals surface area (Å²) < 4.78 is 18.4. The van der Waals surface area contributed by atoms with Crippen LogP contribution in [0.2, 0.25) is 0 Å². The minimum absolute atomic E-state index is 0.0675. The molecule has 5 heteroatoms. The van der Waals surface area contributed by atoms with Gasteiger partial charge in [0.05, 0.1) is 12.4 Å². The van der Waals surface area contributed by atoms with Gasteiger partial charge < -0.3 is 10.1 Å². The van der Waals surface area contributed by atoms with E-state index in [1.54, 1.807) is 23.9 Å². The highest BCUT2D eigenvalue weighted by molar-refractivity contribution is 7.99. The van der Waals surface area contributed by atoms with Crippen molar-refractivity contribution in [2.75, 3.05) is 23.4 Å². The summed E-state index contributed by atoms with van der Waals surface area (Å²) in [6.45, 7) is 0.687. The Morgan fingerprint density at radius 2 is 1.78 bits per heavy atom. The summed E-state index contributed by atoms with van der Waals surface area (Å²) in [7, 11) is 0. The zero-order valence-corrected chi connectivity index (χ0v) is 13.7. The van der Waals surface area contributed by atoms with E-state index in [-0.39, 0.29) is 11.7 Å². The van der Waals surface area contributed by atoms with Gasteiger partial charge in [0, 0.05) is 5.69 Å². The third-order valence-corrected chi connectivity index (χ3v) is 4.10. The molecule has 2 aromatic carbocycles. The Bertz CT molecular complexity index is 590. The number of hydrogen-bond donors (Lipinski definition) is 1. The topological polar surface area (TPSA) is 38.3 Å². The van der Waals surface area contributed by atoms with Crippen LogP contribution in [0, 0.1) is 5.82 Å².